The predicted octanol–water partition coefficient (Wildman–Crippen LogP) is 2.35. The second-order valence-corrected chi connectivity index (χ2v) is 5.66. The Morgan fingerprint density at radius 1 is 1.17 bits per heavy atom. The van der Waals surface area contributed by atoms with Gasteiger partial charge in [-0.2, -0.15) is 0 Å². The first-order valence-corrected chi connectivity index (χ1v) is 7.80. The Morgan fingerprint density at radius 2 is 1.88 bits per heavy atom. The lowest BCUT2D eigenvalue weighted by Gasteiger charge is -2.21. The Bertz CT molecular complexity index is 716. The Hall–Kier alpha value is -2.89. The molecule has 0 aliphatic carbocycles. The number of hydrogen-bond acceptors (Lipinski definition) is 4. The molecule has 1 atom stereocenters. The quantitative estimate of drug-likeness (QED) is 0.912. The number of ether oxygens (including phenoxy) is 1. The van der Waals surface area contributed by atoms with E-state index in [4.69, 9.17) is 4.74 Å². The van der Waals surface area contributed by atoms with E-state index >= 15 is 0 Å². The van der Waals surface area contributed by atoms with Crippen LogP contribution in [0.25, 0.3) is 0 Å². The number of amides is 1. The standard InChI is InChI=1S/C18H18N2O4/c21-17(20-11-1-2-16(20)18(22)23)14-3-5-15(6-4-14)24-12-13-7-9-19-10-8-13/h3-10,16H,1-2,11-12H2,(H,22,23)/t16-/m0/s1. The van der Waals surface area contributed by atoms with Crippen molar-refractivity contribution in [1.29, 1.82) is 0 Å². The number of aromatic nitrogens is 1. The molecule has 0 radical (unpaired) electrons. The second kappa shape index (κ2) is 7.12. The van der Waals surface area contributed by atoms with Gasteiger partial charge in [0.05, 0.1) is 0 Å². The van der Waals surface area contributed by atoms with E-state index in [-0.39, 0.29) is 5.91 Å². The highest BCUT2D eigenvalue weighted by atomic mass is 16.5. The normalized spacial score (nSPS) is 16.8. The summed E-state index contributed by atoms with van der Waals surface area (Å²) in [7, 11) is 0. The summed E-state index contributed by atoms with van der Waals surface area (Å²) in [6.45, 7) is 0.902. The Balaban J connectivity index is 1.63. The molecule has 1 N–H and O–H groups in total. The fraction of sp³-hybridized carbons (Fsp3) is 0.278. The minimum Gasteiger partial charge on any atom is -0.489 e. The molecule has 24 heavy (non-hydrogen) atoms. The van der Waals surface area contributed by atoms with Crippen LogP contribution in [0.2, 0.25) is 0 Å². The van der Waals surface area contributed by atoms with E-state index in [1.54, 1.807) is 36.7 Å². The largest absolute Gasteiger partial charge is 0.489 e. The molecule has 3 rings (SSSR count). The lowest BCUT2D eigenvalue weighted by Crippen LogP contribution is -2.40. The first kappa shape index (κ1) is 16.0. The number of hydrogen-bond donors (Lipinski definition) is 1. The number of likely N-dealkylation sites (tertiary alicyclic amines) is 1. The third-order valence-corrected chi connectivity index (χ3v) is 4.05. The molecule has 1 aromatic carbocycles. The molecule has 0 saturated carbocycles. The van der Waals surface area contributed by atoms with Crippen LogP contribution < -0.4 is 4.74 Å². The lowest BCUT2D eigenvalue weighted by atomic mass is 10.1. The van der Waals surface area contributed by atoms with Gasteiger partial charge in [-0.25, -0.2) is 4.79 Å². The second-order valence-electron chi connectivity index (χ2n) is 5.66. The third-order valence-electron chi connectivity index (χ3n) is 4.05. The van der Waals surface area contributed by atoms with E-state index in [0.29, 0.717) is 30.9 Å². The third kappa shape index (κ3) is 3.53. The van der Waals surface area contributed by atoms with Gasteiger partial charge in [0.1, 0.15) is 18.4 Å². The number of nitrogens with zero attached hydrogens (tertiary/aromatic N) is 2. The smallest absolute Gasteiger partial charge is 0.326 e. The molecule has 0 spiro atoms. The number of carboxylic acid groups (broad SMARTS) is 1. The van der Waals surface area contributed by atoms with Crippen molar-refractivity contribution in [3.8, 4) is 5.75 Å². The molecule has 1 fully saturated rings. The molecule has 0 bridgehead atoms. The van der Waals surface area contributed by atoms with Crippen LogP contribution in [-0.4, -0.2) is 39.5 Å². The molecule has 2 aromatic rings. The van der Waals surface area contributed by atoms with E-state index in [9.17, 15) is 14.7 Å². The molecule has 1 aromatic heterocycles. The van der Waals surface area contributed by atoms with Crippen LogP contribution in [-0.2, 0) is 11.4 Å². The summed E-state index contributed by atoms with van der Waals surface area (Å²) >= 11 is 0. The monoisotopic (exact) mass is 326 g/mol. The predicted molar refractivity (Wildman–Crippen MR) is 86.7 cm³/mol. The number of carbonyl (C=O) groups excluding carboxylic acids is 1. The maximum Gasteiger partial charge on any atom is 0.326 e. The van der Waals surface area contributed by atoms with E-state index in [1.807, 2.05) is 12.1 Å². The van der Waals surface area contributed by atoms with Crippen molar-refractivity contribution in [2.75, 3.05) is 6.54 Å². The molecule has 6 heteroatoms. The van der Waals surface area contributed by atoms with Crippen molar-refractivity contribution in [3.63, 3.8) is 0 Å². The van der Waals surface area contributed by atoms with Crippen LogP contribution in [0.4, 0.5) is 0 Å². The molecule has 0 unspecified atom stereocenters. The van der Waals surface area contributed by atoms with Crippen LogP contribution in [0, 0.1) is 0 Å². The zero-order chi connectivity index (χ0) is 16.9. The molecule has 6 nitrogen and oxygen atoms in total. The van der Waals surface area contributed by atoms with Gasteiger partial charge in [-0.05, 0) is 54.8 Å². The fourth-order valence-electron chi connectivity index (χ4n) is 2.77. The fourth-order valence-corrected chi connectivity index (χ4v) is 2.77. The minimum atomic E-state index is -0.946. The summed E-state index contributed by atoms with van der Waals surface area (Å²) in [6, 6.07) is 9.80. The van der Waals surface area contributed by atoms with Crippen molar-refractivity contribution >= 4 is 11.9 Å². The molecule has 1 saturated heterocycles. The summed E-state index contributed by atoms with van der Waals surface area (Å²) in [5, 5.41) is 9.18. The maximum atomic E-state index is 12.5. The summed E-state index contributed by atoms with van der Waals surface area (Å²) in [5.74, 6) is -0.543. The van der Waals surface area contributed by atoms with Crippen LogP contribution in [0.15, 0.2) is 48.8 Å². The van der Waals surface area contributed by atoms with E-state index in [2.05, 4.69) is 4.98 Å². The molecule has 124 valence electrons. The number of rotatable bonds is 5. The number of aliphatic carboxylic acids is 1. The Kier molecular flexibility index (Phi) is 4.74. The first-order chi connectivity index (χ1) is 11.6. The first-order valence-electron chi connectivity index (χ1n) is 7.80. The highest BCUT2D eigenvalue weighted by molar-refractivity contribution is 5.97. The van der Waals surface area contributed by atoms with Gasteiger partial charge < -0.3 is 14.7 Å². The maximum absolute atomic E-state index is 12.5. The zero-order valence-electron chi connectivity index (χ0n) is 13.1. The molecule has 1 aliphatic rings. The van der Waals surface area contributed by atoms with Crippen molar-refractivity contribution in [3.05, 3.63) is 59.9 Å². The SMILES string of the molecule is O=C(O)[C@@H]1CCCN1C(=O)c1ccc(OCc2ccncc2)cc1. The van der Waals surface area contributed by atoms with Crippen LogP contribution in [0.5, 0.6) is 5.75 Å². The minimum absolute atomic E-state index is 0.249. The van der Waals surface area contributed by atoms with Crippen molar-refractivity contribution in [1.82, 2.24) is 9.88 Å². The summed E-state index contributed by atoms with van der Waals surface area (Å²) in [4.78, 5) is 29.0. The molecular formula is C18H18N2O4. The number of pyridine rings is 1. The number of carbonyl (C=O) groups is 2. The molecule has 1 aliphatic heterocycles. The highest BCUT2D eigenvalue weighted by Gasteiger charge is 2.34. The Morgan fingerprint density at radius 3 is 2.54 bits per heavy atom. The van der Waals surface area contributed by atoms with E-state index in [1.165, 1.54) is 4.90 Å². The highest BCUT2D eigenvalue weighted by Crippen LogP contribution is 2.22. The molecule has 2 heterocycles. The van der Waals surface area contributed by atoms with Crippen LogP contribution >= 0.6 is 0 Å². The van der Waals surface area contributed by atoms with Crippen molar-refractivity contribution in [2.45, 2.75) is 25.5 Å². The Labute approximate surface area is 139 Å². The van der Waals surface area contributed by atoms with Gasteiger partial charge in [0, 0.05) is 24.5 Å². The zero-order valence-corrected chi connectivity index (χ0v) is 13.1. The van der Waals surface area contributed by atoms with Crippen LogP contribution in [0.3, 0.4) is 0 Å². The van der Waals surface area contributed by atoms with Gasteiger partial charge >= 0.3 is 5.97 Å². The van der Waals surface area contributed by atoms with Gasteiger partial charge in [0.25, 0.3) is 5.91 Å². The molecular weight excluding hydrogens is 308 g/mol. The summed E-state index contributed by atoms with van der Waals surface area (Å²) in [6.07, 6.45) is 4.63. The molecule has 1 amide bonds. The lowest BCUT2D eigenvalue weighted by molar-refractivity contribution is -0.141. The topological polar surface area (TPSA) is 79.7 Å². The van der Waals surface area contributed by atoms with Gasteiger partial charge in [-0.1, -0.05) is 0 Å². The average molecular weight is 326 g/mol. The number of carboxylic acids is 1. The van der Waals surface area contributed by atoms with Crippen molar-refractivity contribution < 1.29 is 19.4 Å². The summed E-state index contributed by atoms with van der Waals surface area (Å²) < 4.78 is 5.66. The average Bonchev–Trinajstić information content (AvgIpc) is 3.11. The van der Waals surface area contributed by atoms with Gasteiger partial charge in [0.15, 0.2) is 0 Å². The summed E-state index contributed by atoms with van der Waals surface area (Å²) in [5.41, 5.74) is 1.48. The number of benzene rings is 1. The van der Waals surface area contributed by atoms with E-state index < -0.39 is 12.0 Å². The van der Waals surface area contributed by atoms with Gasteiger partial charge in [0.2, 0.25) is 0 Å². The van der Waals surface area contributed by atoms with Crippen molar-refractivity contribution in [2.24, 2.45) is 0 Å². The van der Waals surface area contributed by atoms with Crippen LogP contribution in [0.1, 0.15) is 28.8 Å². The van der Waals surface area contributed by atoms with E-state index in [0.717, 1.165) is 12.0 Å². The van der Waals surface area contributed by atoms with Gasteiger partial charge in [-0.3, -0.25) is 9.78 Å². The van der Waals surface area contributed by atoms with Gasteiger partial charge in [-0.15, -0.1) is 0 Å².